The summed E-state index contributed by atoms with van der Waals surface area (Å²) in [5.74, 6) is 0.183. The van der Waals surface area contributed by atoms with Crippen molar-refractivity contribution < 1.29 is 9.50 Å². The van der Waals surface area contributed by atoms with Crippen LogP contribution in [0.3, 0.4) is 0 Å². The van der Waals surface area contributed by atoms with E-state index in [1.807, 2.05) is 26.0 Å². The molecule has 0 spiro atoms. The first-order valence-corrected chi connectivity index (χ1v) is 8.30. The van der Waals surface area contributed by atoms with Gasteiger partial charge in [-0.05, 0) is 80.5 Å². The lowest BCUT2D eigenvalue weighted by Crippen LogP contribution is -2.28. The Hall–Kier alpha value is -1.87. The van der Waals surface area contributed by atoms with E-state index in [0.717, 1.165) is 41.5 Å². The standard InChI is InChI=1S/C20H24FNO/c1-12-9-13(2)20(19(23)10-12)14(3)22-18-6-4-5-15-11-16(21)7-8-17(15)18/h7-11,14,18,22-23H,4-6H2,1-3H3/t14-,18+/m0/s1. The molecule has 2 aromatic carbocycles. The van der Waals surface area contributed by atoms with Gasteiger partial charge in [-0.1, -0.05) is 12.1 Å². The topological polar surface area (TPSA) is 32.3 Å². The van der Waals surface area contributed by atoms with Gasteiger partial charge in [0.05, 0.1) is 0 Å². The fourth-order valence-corrected chi connectivity index (χ4v) is 3.86. The van der Waals surface area contributed by atoms with Gasteiger partial charge in [0, 0.05) is 17.6 Å². The normalized spacial score (nSPS) is 18.5. The van der Waals surface area contributed by atoms with Crippen molar-refractivity contribution in [3.05, 3.63) is 64.0 Å². The minimum atomic E-state index is -0.163. The first-order chi connectivity index (χ1) is 11.0. The van der Waals surface area contributed by atoms with Crippen molar-refractivity contribution in [2.24, 2.45) is 0 Å². The number of phenols is 1. The van der Waals surface area contributed by atoms with Crippen molar-refractivity contribution in [3.8, 4) is 5.75 Å². The van der Waals surface area contributed by atoms with E-state index in [4.69, 9.17) is 0 Å². The molecule has 0 saturated carbocycles. The Morgan fingerprint density at radius 1 is 1.22 bits per heavy atom. The van der Waals surface area contributed by atoms with Crippen LogP contribution in [0.25, 0.3) is 0 Å². The molecule has 0 bridgehead atoms. The zero-order valence-electron chi connectivity index (χ0n) is 14.0. The third kappa shape index (κ3) is 3.25. The van der Waals surface area contributed by atoms with E-state index in [1.165, 1.54) is 11.6 Å². The van der Waals surface area contributed by atoms with Gasteiger partial charge in [-0.2, -0.15) is 0 Å². The van der Waals surface area contributed by atoms with Gasteiger partial charge in [0.25, 0.3) is 0 Å². The van der Waals surface area contributed by atoms with Crippen molar-refractivity contribution in [3.63, 3.8) is 0 Å². The first-order valence-electron chi connectivity index (χ1n) is 8.30. The second-order valence-electron chi connectivity index (χ2n) is 6.69. The maximum absolute atomic E-state index is 13.4. The van der Waals surface area contributed by atoms with E-state index in [9.17, 15) is 9.50 Å². The second kappa shape index (κ2) is 6.32. The molecule has 1 aliphatic rings. The number of halogens is 1. The molecular formula is C20H24FNO. The van der Waals surface area contributed by atoms with Crippen LogP contribution >= 0.6 is 0 Å². The summed E-state index contributed by atoms with van der Waals surface area (Å²) in [6.45, 7) is 6.10. The van der Waals surface area contributed by atoms with Crippen LogP contribution in [-0.4, -0.2) is 5.11 Å². The van der Waals surface area contributed by atoms with Gasteiger partial charge in [-0.15, -0.1) is 0 Å². The van der Waals surface area contributed by atoms with Gasteiger partial charge in [0.1, 0.15) is 11.6 Å². The second-order valence-corrected chi connectivity index (χ2v) is 6.69. The van der Waals surface area contributed by atoms with E-state index in [0.29, 0.717) is 5.75 Å². The van der Waals surface area contributed by atoms with Gasteiger partial charge in [-0.3, -0.25) is 0 Å². The summed E-state index contributed by atoms with van der Waals surface area (Å²) in [6, 6.07) is 9.24. The molecule has 3 rings (SSSR count). The number of aryl methyl sites for hydroxylation is 3. The van der Waals surface area contributed by atoms with E-state index in [-0.39, 0.29) is 17.9 Å². The molecule has 0 radical (unpaired) electrons. The lowest BCUT2D eigenvalue weighted by Gasteiger charge is -2.30. The number of fused-ring (bicyclic) bond motifs is 1. The molecule has 0 aliphatic heterocycles. The molecule has 2 N–H and O–H groups in total. The van der Waals surface area contributed by atoms with Gasteiger partial charge in [0.2, 0.25) is 0 Å². The molecule has 23 heavy (non-hydrogen) atoms. The van der Waals surface area contributed by atoms with Crippen molar-refractivity contribution >= 4 is 0 Å². The van der Waals surface area contributed by atoms with Crippen LogP contribution in [-0.2, 0) is 6.42 Å². The highest BCUT2D eigenvalue weighted by Crippen LogP contribution is 2.35. The quantitative estimate of drug-likeness (QED) is 0.846. The zero-order chi connectivity index (χ0) is 16.6. The van der Waals surface area contributed by atoms with Crippen LogP contribution in [0.15, 0.2) is 30.3 Å². The summed E-state index contributed by atoms with van der Waals surface area (Å²) >= 11 is 0. The predicted molar refractivity (Wildman–Crippen MR) is 91.2 cm³/mol. The Kier molecular flexibility index (Phi) is 4.40. The molecule has 1 aliphatic carbocycles. The molecule has 2 nitrogen and oxygen atoms in total. The van der Waals surface area contributed by atoms with Crippen LogP contribution < -0.4 is 5.32 Å². The molecule has 0 heterocycles. The molecular weight excluding hydrogens is 289 g/mol. The summed E-state index contributed by atoms with van der Waals surface area (Å²) in [4.78, 5) is 0. The molecule has 0 amide bonds. The van der Waals surface area contributed by atoms with E-state index in [2.05, 4.69) is 18.3 Å². The summed E-state index contributed by atoms with van der Waals surface area (Å²) < 4.78 is 13.4. The number of rotatable bonds is 3. The Bertz CT molecular complexity index is 703. The number of hydrogen-bond acceptors (Lipinski definition) is 2. The molecule has 122 valence electrons. The van der Waals surface area contributed by atoms with E-state index >= 15 is 0 Å². The molecule has 2 aromatic rings. The maximum Gasteiger partial charge on any atom is 0.123 e. The highest BCUT2D eigenvalue weighted by atomic mass is 19.1. The number of hydrogen-bond donors (Lipinski definition) is 2. The Labute approximate surface area is 137 Å². The van der Waals surface area contributed by atoms with Gasteiger partial charge >= 0.3 is 0 Å². The molecule has 0 aromatic heterocycles. The number of aromatic hydroxyl groups is 1. The number of nitrogens with one attached hydrogen (secondary N) is 1. The Morgan fingerprint density at radius 3 is 2.74 bits per heavy atom. The summed E-state index contributed by atoms with van der Waals surface area (Å²) in [6.07, 6.45) is 3.03. The SMILES string of the molecule is Cc1cc(C)c([C@H](C)N[C@@H]2CCCc3cc(F)ccc32)c(O)c1. The van der Waals surface area contributed by atoms with Crippen molar-refractivity contribution in [2.75, 3.05) is 0 Å². The minimum Gasteiger partial charge on any atom is -0.508 e. The summed E-state index contributed by atoms with van der Waals surface area (Å²) in [5.41, 5.74) is 5.40. The van der Waals surface area contributed by atoms with Crippen LogP contribution in [0.2, 0.25) is 0 Å². The highest BCUT2D eigenvalue weighted by Gasteiger charge is 2.24. The van der Waals surface area contributed by atoms with Crippen molar-refractivity contribution in [1.82, 2.24) is 5.32 Å². The summed E-state index contributed by atoms with van der Waals surface area (Å²) in [5, 5.41) is 13.9. The highest BCUT2D eigenvalue weighted by molar-refractivity contribution is 5.44. The number of phenolic OH excluding ortho intramolecular Hbond substituents is 1. The molecule has 0 unspecified atom stereocenters. The van der Waals surface area contributed by atoms with E-state index < -0.39 is 0 Å². The fraction of sp³-hybridized carbons (Fsp3) is 0.400. The van der Waals surface area contributed by atoms with Crippen molar-refractivity contribution in [1.29, 1.82) is 0 Å². The maximum atomic E-state index is 13.4. The van der Waals surface area contributed by atoms with Crippen LogP contribution in [0, 0.1) is 19.7 Å². The zero-order valence-corrected chi connectivity index (χ0v) is 14.0. The average molecular weight is 313 g/mol. The predicted octanol–water partition coefficient (Wildman–Crippen LogP) is 4.88. The monoisotopic (exact) mass is 313 g/mol. The fourth-order valence-electron chi connectivity index (χ4n) is 3.86. The largest absolute Gasteiger partial charge is 0.508 e. The van der Waals surface area contributed by atoms with Gasteiger partial charge in [-0.25, -0.2) is 4.39 Å². The van der Waals surface area contributed by atoms with Crippen LogP contribution in [0.4, 0.5) is 4.39 Å². The minimum absolute atomic E-state index is 0.0385. The van der Waals surface area contributed by atoms with Gasteiger partial charge in [0.15, 0.2) is 0 Å². The Morgan fingerprint density at radius 2 is 2.00 bits per heavy atom. The van der Waals surface area contributed by atoms with Crippen LogP contribution in [0.1, 0.15) is 59.7 Å². The van der Waals surface area contributed by atoms with E-state index in [1.54, 1.807) is 6.07 Å². The van der Waals surface area contributed by atoms with Crippen molar-refractivity contribution in [2.45, 2.75) is 52.1 Å². The molecule has 2 atom stereocenters. The molecule has 0 saturated heterocycles. The third-order valence-corrected chi connectivity index (χ3v) is 4.81. The Balaban J connectivity index is 1.86. The first kappa shape index (κ1) is 16.0. The van der Waals surface area contributed by atoms with Gasteiger partial charge < -0.3 is 10.4 Å². The lowest BCUT2D eigenvalue weighted by atomic mass is 9.86. The van der Waals surface area contributed by atoms with Crippen LogP contribution in [0.5, 0.6) is 5.75 Å². The average Bonchev–Trinajstić information content (AvgIpc) is 2.46. The lowest BCUT2D eigenvalue weighted by molar-refractivity contribution is 0.398. The summed E-state index contributed by atoms with van der Waals surface area (Å²) in [7, 11) is 0. The number of benzene rings is 2. The third-order valence-electron chi connectivity index (χ3n) is 4.81. The smallest absolute Gasteiger partial charge is 0.123 e. The molecule has 0 fully saturated rings. The molecule has 3 heteroatoms.